The molecule has 3 aromatic carbocycles. The predicted molar refractivity (Wildman–Crippen MR) is 123 cm³/mol. The number of ether oxygens (including phenoxy) is 2. The number of carbonyl (C=O) groups is 2. The molecule has 0 aliphatic carbocycles. The molecular weight excluding hydrogens is 458 g/mol. The highest BCUT2D eigenvalue weighted by Crippen LogP contribution is 2.37. The van der Waals surface area contributed by atoms with E-state index in [2.05, 4.69) is 15.9 Å². The Morgan fingerprint density at radius 2 is 1.65 bits per heavy atom. The van der Waals surface area contributed by atoms with Gasteiger partial charge in [0.1, 0.15) is 5.75 Å². The van der Waals surface area contributed by atoms with Crippen molar-refractivity contribution < 1.29 is 19.1 Å². The predicted octanol–water partition coefficient (Wildman–Crippen LogP) is 4.71. The molecule has 1 saturated heterocycles. The zero-order valence-electron chi connectivity index (χ0n) is 17.3. The fraction of sp³-hybridized carbons (Fsp3) is 0.280. The Morgan fingerprint density at radius 3 is 2.35 bits per heavy atom. The van der Waals surface area contributed by atoms with Crippen LogP contribution < -0.4 is 4.74 Å². The molecule has 4 rings (SSSR count). The lowest BCUT2D eigenvalue weighted by Crippen LogP contribution is -2.50. The van der Waals surface area contributed by atoms with Crippen molar-refractivity contribution in [2.24, 2.45) is 0 Å². The Bertz CT molecular complexity index is 1090. The Kier molecular flexibility index (Phi) is 6.28. The lowest BCUT2D eigenvalue weighted by molar-refractivity contribution is -0.151. The summed E-state index contributed by atoms with van der Waals surface area (Å²) >= 11 is 3.47. The van der Waals surface area contributed by atoms with Gasteiger partial charge >= 0.3 is 5.97 Å². The number of hydrogen-bond donors (Lipinski definition) is 0. The van der Waals surface area contributed by atoms with Crippen molar-refractivity contribution in [1.29, 1.82) is 0 Å². The number of hydrogen-bond acceptors (Lipinski definition) is 4. The van der Waals surface area contributed by atoms with Crippen molar-refractivity contribution in [3.63, 3.8) is 0 Å². The molecule has 1 aliphatic rings. The summed E-state index contributed by atoms with van der Waals surface area (Å²) in [6.07, 6.45) is 1.06. The summed E-state index contributed by atoms with van der Waals surface area (Å²) in [5.74, 6) is 0.334. The average Bonchev–Trinajstić information content (AvgIpc) is 2.82. The first-order valence-electron chi connectivity index (χ1n) is 10.3. The van der Waals surface area contributed by atoms with Crippen LogP contribution in [0, 0.1) is 0 Å². The average molecular weight is 482 g/mol. The molecule has 6 heteroatoms. The van der Waals surface area contributed by atoms with Gasteiger partial charge in [-0.15, -0.1) is 0 Å². The zero-order chi connectivity index (χ0) is 21.8. The molecule has 1 heterocycles. The highest BCUT2D eigenvalue weighted by atomic mass is 79.9. The Balaban J connectivity index is 1.40. The molecule has 31 heavy (non-hydrogen) atoms. The summed E-state index contributed by atoms with van der Waals surface area (Å²) in [5, 5.41) is 2.15. The second kappa shape index (κ2) is 9.10. The number of fused-ring (bicyclic) bond motifs is 1. The first-order valence-corrected chi connectivity index (χ1v) is 11.0. The number of halogens is 1. The topological polar surface area (TPSA) is 55.8 Å². The normalized spacial score (nSPS) is 15.5. The van der Waals surface area contributed by atoms with Crippen LogP contribution in [0.25, 0.3) is 10.8 Å². The molecule has 0 N–H and O–H groups in total. The smallest absolute Gasteiger partial charge is 0.316 e. The maximum atomic E-state index is 12.7. The standard InChI is InChI=1S/C25H24BrNO4/c1-30-24(29)25(20-5-3-2-4-6-20)11-13-27(14-12-25)23(28)17-31-22-10-8-18-15-21(26)9-7-19(18)16-22/h2-10,15-16H,11-14,17H2,1H3. The molecule has 0 atom stereocenters. The number of rotatable bonds is 5. The second-order valence-electron chi connectivity index (χ2n) is 7.76. The zero-order valence-corrected chi connectivity index (χ0v) is 18.9. The molecule has 0 aromatic heterocycles. The van der Waals surface area contributed by atoms with E-state index in [0.717, 1.165) is 20.8 Å². The summed E-state index contributed by atoms with van der Waals surface area (Å²) in [7, 11) is 1.42. The second-order valence-corrected chi connectivity index (χ2v) is 8.68. The molecule has 0 saturated carbocycles. The third kappa shape index (κ3) is 4.44. The van der Waals surface area contributed by atoms with E-state index in [1.807, 2.05) is 66.7 Å². The van der Waals surface area contributed by atoms with Crippen LogP contribution in [0.2, 0.25) is 0 Å². The van der Waals surface area contributed by atoms with Gasteiger partial charge in [-0.1, -0.05) is 58.4 Å². The molecule has 160 valence electrons. The van der Waals surface area contributed by atoms with E-state index in [1.165, 1.54) is 7.11 Å². The summed E-state index contributed by atoms with van der Waals surface area (Å²) in [4.78, 5) is 27.2. The van der Waals surface area contributed by atoms with E-state index in [0.29, 0.717) is 31.7 Å². The molecule has 3 aromatic rings. The first kappa shape index (κ1) is 21.4. The minimum atomic E-state index is -0.708. The third-order valence-corrected chi connectivity index (χ3v) is 6.50. The molecule has 0 spiro atoms. The van der Waals surface area contributed by atoms with E-state index in [-0.39, 0.29) is 18.5 Å². The van der Waals surface area contributed by atoms with Gasteiger partial charge < -0.3 is 14.4 Å². The fourth-order valence-corrected chi connectivity index (χ4v) is 4.60. The van der Waals surface area contributed by atoms with Crippen molar-refractivity contribution in [3.8, 4) is 5.75 Å². The Hall–Kier alpha value is -2.86. The number of piperidine rings is 1. The van der Waals surface area contributed by atoms with Crippen LogP contribution in [0.15, 0.2) is 71.2 Å². The van der Waals surface area contributed by atoms with Crippen molar-refractivity contribution in [2.75, 3.05) is 26.8 Å². The van der Waals surface area contributed by atoms with E-state index in [9.17, 15) is 9.59 Å². The lowest BCUT2D eigenvalue weighted by atomic mass is 9.72. The molecule has 1 aliphatic heterocycles. The van der Waals surface area contributed by atoms with Crippen LogP contribution >= 0.6 is 15.9 Å². The maximum Gasteiger partial charge on any atom is 0.316 e. The SMILES string of the molecule is COC(=O)C1(c2ccccc2)CCN(C(=O)COc2ccc3cc(Br)ccc3c2)CC1. The van der Waals surface area contributed by atoms with Crippen LogP contribution in [0.4, 0.5) is 0 Å². The van der Waals surface area contributed by atoms with Gasteiger partial charge in [0, 0.05) is 17.6 Å². The van der Waals surface area contributed by atoms with Gasteiger partial charge in [-0.05, 0) is 53.4 Å². The number of methoxy groups -OCH3 is 1. The molecule has 0 radical (unpaired) electrons. The van der Waals surface area contributed by atoms with E-state index < -0.39 is 5.41 Å². The minimum Gasteiger partial charge on any atom is -0.484 e. The molecule has 0 unspecified atom stereocenters. The quantitative estimate of drug-likeness (QED) is 0.495. The van der Waals surface area contributed by atoms with Crippen LogP contribution in [0.1, 0.15) is 18.4 Å². The number of amides is 1. The van der Waals surface area contributed by atoms with Gasteiger partial charge in [-0.25, -0.2) is 0 Å². The van der Waals surface area contributed by atoms with E-state index in [1.54, 1.807) is 4.90 Å². The fourth-order valence-electron chi connectivity index (χ4n) is 4.22. The molecule has 5 nitrogen and oxygen atoms in total. The van der Waals surface area contributed by atoms with Crippen LogP contribution in [0.3, 0.4) is 0 Å². The summed E-state index contributed by atoms with van der Waals surface area (Å²) in [6, 6.07) is 21.5. The largest absolute Gasteiger partial charge is 0.484 e. The summed E-state index contributed by atoms with van der Waals surface area (Å²) in [6.45, 7) is 0.939. The Morgan fingerprint density at radius 1 is 0.968 bits per heavy atom. The number of nitrogens with zero attached hydrogens (tertiary/aromatic N) is 1. The summed E-state index contributed by atoms with van der Waals surface area (Å²) < 4.78 is 11.9. The highest BCUT2D eigenvalue weighted by Gasteiger charge is 2.44. The number of benzene rings is 3. The van der Waals surface area contributed by atoms with Gasteiger partial charge in [-0.3, -0.25) is 9.59 Å². The number of likely N-dealkylation sites (tertiary alicyclic amines) is 1. The van der Waals surface area contributed by atoms with Crippen molar-refractivity contribution in [3.05, 3.63) is 76.8 Å². The van der Waals surface area contributed by atoms with Gasteiger partial charge in [0.25, 0.3) is 5.91 Å². The minimum absolute atomic E-state index is 0.0292. The number of carbonyl (C=O) groups excluding carboxylic acids is 2. The van der Waals surface area contributed by atoms with Gasteiger partial charge in [0.15, 0.2) is 6.61 Å². The monoisotopic (exact) mass is 481 g/mol. The molecular formula is C25H24BrNO4. The van der Waals surface area contributed by atoms with Crippen LogP contribution in [-0.2, 0) is 19.7 Å². The highest BCUT2D eigenvalue weighted by molar-refractivity contribution is 9.10. The van der Waals surface area contributed by atoms with E-state index >= 15 is 0 Å². The first-order chi connectivity index (χ1) is 15.0. The number of esters is 1. The van der Waals surface area contributed by atoms with Crippen molar-refractivity contribution in [1.82, 2.24) is 4.90 Å². The van der Waals surface area contributed by atoms with Crippen LogP contribution in [-0.4, -0.2) is 43.6 Å². The van der Waals surface area contributed by atoms with Crippen molar-refractivity contribution in [2.45, 2.75) is 18.3 Å². The van der Waals surface area contributed by atoms with Gasteiger partial charge in [0.2, 0.25) is 0 Å². The van der Waals surface area contributed by atoms with Gasteiger partial charge in [-0.2, -0.15) is 0 Å². The maximum absolute atomic E-state index is 12.7. The Labute approximate surface area is 190 Å². The van der Waals surface area contributed by atoms with Crippen LogP contribution in [0.5, 0.6) is 5.75 Å². The van der Waals surface area contributed by atoms with Crippen molar-refractivity contribution >= 4 is 38.6 Å². The third-order valence-electron chi connectivity index (χ3n) is 6.01. The molecule has 1 amide bonds. The lowest BCUT2D eigenvalue weighted by Gasteiger charge is -2.40. The molecule has 1 fully saturated rings. The summed E-state index contributed by atoms with van der Waals surface area (Å²) in [5.41, 5.74) is 0.230. The van der Waals surface area contributed by atoms with Gasteiger partial charge in [0.05, 0.1) is 12.5 Å². The van der Waals surface area contributed by atoms with E-state index in [4.69, 9.17) is 9.47 Å². The molecule has 0 bridgehead atoms.